The van der Waals surface area contributed by atoms with Crippen molar-refractivity contribution in [2.45, 2.75) is 24.7 Å². The molecule has 0 aromatic heterocycles. The van der Waals surface area contributed by atoms with Crippen molar-refractivity contribution in [3.8, 4) is 0 Å². The third kappa shape index (κ3) is 4.11. The van der Waals surface area contributed by atoms with E-state index in [0.29, 0.717) is 23.9 Å². The molecule has 1 rings (SSSR count). The first-order chi connectivity index (χ1) is 7.97. The molecule has 0 saturated heterocycles. The summed E-state index contributed by atoms with van der Waals surface area (Å²) < 4.78 is 26.2. The zero-order chi connectivity index (χ0) is 12.9. The maximum absolute atomic E-state index is 11.8. The Morgan fingerprint density at radius 3 is 2.18 bits per heavy atom. The molecule has 0 unspecified atom stereocenters. The van der Waals surface area contributed by atoms with Crippen LogP contribution in [0.2, 0.25) is 0 Å². The van der Waals surface area contributed by atoms with E-state index in [9.17, 15) is 8.42 Å². The number of rotatable bonds is 6. The van der Waals surface area contributed by atoms with E-state index in [2.05, 4.69) is 23.9 Å². The Morgan fingerprint density at radius 2 is 1.71 bits per heavy atom. The molecule has 0 aliphatic heterocycles. The lowest BCUT2D eigenvalue weighted by Crippen LogP contribution is -2.30. The van der Waals surface area contributed by atoms with Gasteiger partial charge in [0.2, 0.25) is 10.0 Å². The molecule has 96 valence electrons. The SMILES string of the molecule is CNCCNS(=O)(=O)c1ccc(C(C)C)cc1. The van der Waals surface area contributed by atoms with Crippen LogP contribution in [0, 0.1) is 0 Å². The molecule has 5 heteroatoms. The Labute approximate surface area is 103 Å². The molecule has 0 saturated carbocycles. The van der Waals surface area contributed by atoms with Gasteiger partial charge in [-0.15, -0.1) is 0 Å². The molecule has 4 nitrogen and oxygen atoms in total. The maximum Gasteiger partial charge on any atom is 0.240 e. The number of hydrogen-bond acceptors (Lipinski definition) is 3. The second-order valence-electron chi connectivity index (χ2n) is 4.23. The fraction of sp³-hybridized carbons (Fsp3) is 0.500. The zero-order valence-electron chi connectivity index (χ0n) is 10.5. The summed E-state index contributed by atoms with van der Waals surface area (Å²) in [4.78, 5) is 0.318. The highest BCUT2D eigenvalue weighted by Gasteiger charge is 2.12. The van der Waals surface area contributed by atoms with Gasteiger partial charge in [-0.2, -0.15) is 0 Å². The van der Waals surface area contributed by atoms with Gasteiger partial charge >= 0.3 is 0 Å². The Balaban J connectivity index is 2.78. The van der Waals surface area contributed by atoms with Gasteiger partial charge in [0.15, 0.2) is 0 Å². The van der Waals surface area contributed by atoms with E-state index >= 15 is 0 Å². The van der Waals surface area contributed by atoms with E-state index in [0.717, 1.165) is 5.56 Å². The van der Waals surface area contributed by atoms with Crippen molar-refractivity contribution in [1.29, 1.82) is 0 Å². The molecule has 0 fully saturated rings. The normalized spacial score (nSPS) is 12.0. The molecule has 0 amide bonds. The summed E-state index contributed by atoms with van der Waals surface area (Å²) in [5, 5.41) is 2.89. The smallest absolute Gasteiger partial charge is 0.240 e. The first-order valence-electron chi connectivity index (χ1n) is 5.71. The second kappa shape index (κ2) is 6.14. The third-order valence-electron chi connectivity index (χ3n) is 2.52. The van der Waals surface area contributed by atoms with Crippen LogP contribution in [0.15, 0.2) is 29.2 Å². The Bertz CT molecular complexity index is 438. The van der Waals surface area contributed by atoms with Crippen LogP contribution in [0.25, 0.3) is 0 Å². The molecule has 0 heterocycles. The molecule has 0 aliphatic rings. The van der Waals surface area contributed by atoms with Gasteiger partial charge in [-0.25, -0.2) is 13.1 Å². The highest BCUT2D eigenvalue weighted by Crippen LogP contribution is 2.16. The second-order valence-corrected chi connectivity index (χ2v) is 5.99. The first-order valence-corrected chi connectivity index (χ1v) is 7.20. The molecule has 0 aliphatic carbocycles. The van der Waals surface area contributed by atoms with Gasteiger partial charge in [0.05, 0.1) is 4.90 Å². The average Bonchev–Trinajstić information content (AvgIpc) is 2.29. The molecule has 0 spiro atoms. The highest BCUT2D eigenvalue weighted by molar-refractivity contribution is 7.89. The van der Waals surface area contributed by atoms with Crippen molar-refractivity contribution in [3.05, 3.63) is 29.8 Å². The largest absolute Gasteiger partial charge is 0.318 e. The standard InChI is InChI=1S/C12H20N2O2S/c1-10(2)11-4-6-12(7-5-11)17(15,16)14-9-8-13-3/h4-7,10,13-14H,8-9H2,1-3H3. The van der Waals surface area contributed by atoms with E-state index in [4.69, 9.17) is 0 Å². The predicted molar refractivity (Wildman–Crippen MR) is 69.6 cm³/mol. The van der Waals surface area contributed by atoms with Crippen LogP contribution in [-0.4, -0.2) is 28.6 Å². The third-order valence-corrected chi connectivity index (χ3v) is 4.00. The van der Waals surface area contributed by atoms with Crippen molar-refractivity contribution < 1.29 is 8.42 Å². The Morgan fingerprint density at radius 1 is 1.12 bits per heavy atom. The van der Waals surface area contributed by atoms with Crippen LogP contribution in [0.3, 0.4) is 0 Å². The summed E-state index contributed by atoms with van der Waals surface area (Å²) >= 11 is 0. The molecular formula is C12H20N2O2S. The quantitative estimate of drug-likeness (QED) is 0.754. The van der Waals surface area contributed by atoms with E-state index in [1.165, 1.54) is 0 Å². The minimum absolute atomic E-state index is 0.318. The number of likely N-dealkylation sites (N-methyl/N-ethyl adjacent to an activating group) is 1. The monoisotopic (exact) mass is 256 g/mol. The van der Waals surface area contributed by atoms with E-state index in [1.54, 1.807) is 19.2 Å². The number of benzene rings is 1. The van der Waals surface area contributed by atoms with E-state index in [-0.39, 0.29) is 0 Å². The van der Waals surface area contributed by atoms with Crippen LogP contribution >= 0.6 is 0 Å². The molecule has 0 bridgehead atoms. The van der Waals surface area contributed by atoms with Crippen molar-refractivity contribution in [1.82, 2.24) is 10.0 Å². The van der Waals surface area contributed by atoms with Gasteiger partial charge in [-0.3, -0.25) is 0 Å². The molecule has 2 N–H and O–H groups in total. The van der Waals surface area contributed by atoms with Gasteiger partial charge < -0.3 is 5.32 Å². The number of nitrogens with one attached hydrogen (secondary N) is 2. The number of sulfonamides is 1. The molecule has 1 aromatic carbocycles. The summed E-state index contributed by atoms with van der Waals surface area (Å²) in [5.41, 5.74) is 1.14. The lowest BCUT2D eigenvalue weighted by molar-refractivity contribution is 0.579. The van der Waals surface area contributed by atoms with Gasteiger partial charge in [-0.05, 0) is 30.7 Å². The highest BCUT2D eigenvalue weighted by atomic mass is 32.2. The minimum Gasteiger partial charge on any atom is -0.318 e. The molecular weight excluding hydrogens is 236 g/mol. The van der Waals surface area contributed by atoms with Crippen LogP contribution in [0.5, 0.6) is 0 Å². The summed E-state index contributed by atoms with van der Waals surface area (Å²) in [5.74, 6) is 0.406. The zero-order valence-corrected chi connectivity index (χ0v) is 11.3. The lowest BCUT2D eigenvalue weighted by atomic mass is 10.0. The van der Waals surface area contributed by atoms with Crippen LogP contribution in [0.1, 0.15) is 25.3 Å². The van der Waals surface area contributed by atoms with Gasteiger partial charge in [0.1, 0.15) is 0 Å². The van der Waals surface area contributed by atoms with Crippen molar-refractivity contribution in [2.24, 2.45) is 0 Å². The van der Waals surface area contributed by atoms with E-state index in [1.807, 2.05) is 12.1 Å². The fourth-order valence-corrected chi connectivity index (χ4v) is 2.46. The van der Waals surface area contributed by atoms with Crippen molar-refractivity contribution >= 4 is 10.0 Å². The maximum atomic E-state index is 11.8. The average molecular weight is 256 g/mol. The van der Waals surface area contributed by atoms with Gasteiger partial charge in [0, 0.05) is 13.1 Å². The fourth-order valence-electron chi connectivity index (χ4n) is 1.43. The van der Waals surface area contributed by atoms with Crippen LogP contribution in [-0.2, 0) is 10.0 Å². The molecule has 1 aromatic rings. The minimum atomic E-state index is -3.36. The van der Waals surface area contributed by atoms with Crippen LogP contribution < -0.4 is 10.0 Å². The molecule has 0 radical (unpaired) electrons. The lowest BCUT2D eigenvalue weighted by Gasteiger charge is -2.08. The topological polar surface area (TPSA) is 58.2 Å². The number of hydrogen-bond donors (Lipinski definition) is 2. The van der Waals surface area contributed by atoms with Gasteiger partial charge in [0.25, 0.3) is 0 Å². The summed E-state index contributed by atoms with van der Waals surface area (Å²) in [6.45, 7) is 5.16. The first kappa shape index (κ1) is 14.2. The summed E-state index contributed by atoms with van der Waals surface area (Å²) in [6.07, 6.45) is 0. The van der Waals surface area contributed by atoms with Crippen molar-refractivity contribution in [3.63, 3.8) is 0 Å². The molecule has 0 atom stereocenters. The van der Waals surface area contributed by atoms with Gasteiger partial charge in [-0.1, -0.05) is 26.0 Å². The van der Waals surface area contributed by atoms with Crippen molar-refractivity contribution in [2.75, 3.05) is 20.1 Å². The predicted octanol–water partition coefficient (Wildman–Crippen LogP) is 1.31. The molecule has 17 heavy (non-hydrogen) atoms. The summed E-state index contributed by atoms with van der Waals surface area (Å²) in [7, 11) is -1.58. The Hall–Kier alpha value is -0.910. The van der Waals surface area contributed by atoms with E-state index < -0.39 is 10.0 Å². The summed E-state index contributed by atoms with van der Waals surface area (Å²) in [6, 6.07) is 7.02. The van der Waals surface area contributed by atoms with Crippen LogP contribution in [0.4, 0.5) is 0 Å². The Kier molecular flexibility index (Phi) is 5.11.